The molecule has 168 valence electrons. The number of hydrogen-bond acceptors (Lipinski definition) is 4. The van der Waals surface area contributed by atoms with Crippen LogP contribution in [0.15, 0.2) is 77.3 Å². The van der Waals surface area contributed by atoms with Gasteiger partial charge in [0.25, 0.3) is 11.8 Å². The minimum absolute atomic E-state index is 0.0770. The van der Waals surface area contributed by atoms with Crippen molar-refractivity contribution in [3.63, 3.8) is 0 Å². The molecule has 0 aliphatic carbocycles. The molecule has 4 rings (SSSR count). The Morgan fingerprint density at radius 1 is 1.09 bits per heavy atom. The Balaban J connectivity index is 1.71. The van der Waals surface area contributed by atoms with Gasteiger partial charge in [-0.25, -0.2) is 4.90 Å². The van der Waals surface area contributed by atoms with Crippen molar-refractivity contribution in [2.24, 2.45) is 0 Å². The summed E-state index contributed by atoms with van der Waals surface area (Å²) in [5.41, 5.74) is 1.49. The Labute approximate surface area is 204 Å². The van der Waals surface area contributed by atoms with Gasteiger partial charge in [-0.1, -0.05) is 51.8 Å². The number of rotatable bonds is 6. The van der Waals surface area contributed by atoms with Gasteiger partial charge < -0.3 is 9.64 Å². The van der Waals surface area contributed by atoms with Crippen molar-refractivity contribution in [1.82, 2.24) is 4.90 Å². The summed E-state index contributed by atoms with van der Waals surface area (Å²) in [6, 6.07) is 19.7. The molecule has 3 aromatic carbocycles. The number of ether oxygens (including phenoxy) is 1. The Hall–Kier alpha value is -3.16. The SMILES string of the molecule is COc1cccc(C(=O)N(Cc2ccccc2Cl)C2CC(=O)N(c3ccc(Br)cc3)C2=O)c1. The standard InChI is InChI=1S/C25H20BrClN2O4/c1-33-20-7-4-6-16(13-20)24(31)28(15-17-5-2-3-8-21(17)27)22-14-23(30)29(25(22)32)19-11-9-18(26)10-12-19/h2-13,22H,14-15H2,1H3. The fourth-order valence-electron chi connectivity index (χ4n) is 3.78. The number of amides is 3. The van der Waals surface area contributed by atoms with Crippen molar-refractivity contribution in [1.29, 1.82) is 0 Å². The molecule has 3 amide bonds. The molecule has 1 unspecified atom stereocenters. The van der Waals surface area contributed by atoms with E-state index < -0.39 is 17.9 Å². The third kappa shape index (κ3) is 4.79. The minimum atomic E-state index is -0.962. The Bertz CT molecular complexity index is 1220. The van der Waals surface area contributed by atoms with Crippen LogP contribution in [0.5, 0.6) is 5.75 Å². The number of imide groups is 1. The summed E-state index contributed by atoms with van der Waals surface area (Å²) in [4.78, 5) is 42.4. The number of nitrogens with zero attached hydrogens (tertiary/aromatic N) is 2. The van der Waals surface area contributed by atoms with Crippen LogP contribution in [-0.4, -0.2) is 35.8 Å². The molecule has 33 heavy (non-hydrogen) atoms. The van der Waals surface area contributed by atoms with E-state index in [9.17, 15) is 14.4 Å². The molecule has 0 aromatic heterocycles. The first-order valence-corrected chi connectivity index (χ1v) is 11.4. The molecule has 0 radical (unpaired) electrons. The van der Waals surface area contributed by atoms with Gasteiger partial charge in [0, 0.05) is 21.6 Å². The fraction of sp³-hybridized carbons (Fsp3) is 0.160. The van der Waals surface area contributed by atoms with Crippen molar-refractivity contribution < 1.29 is 19.1 Å². The van der Waals surface area contributed by atoms with E-state index in [1.54, 1.807) is 66.7 Å². The van der Waals surface area contributed by atoms with Gasteiger partial charge in [0.2, 0.25) is 5.91 Å². The van der Waals surface area contributed by atoms with Crippen LogP contribution in [-0.2, 0) is 16.1 Å². The number of benzene rings is 3. The van der Waals surface area contributed by atoms with E-state index in [1.165, 1.54) is 12.0 Å². The molecule has 1 heterocycles. The third-order valence-electron chi connectivity index (χ3n) is 5.46. The molecule has 1 saturated heterocycles. The second-order valence-corrected chi connectivity index (χ2v) is 8.84. The molecule has 0 saturated carbocycles. The molecule has 1 atom stereocenters. The van der Waals surface area contributed by atoms with E-state index in [1.807, 2.05) is 6.07 Å². The average Bonchev–Trinajstić information content (AvgIpc) is 3.12. The number of carbonyl (C=O) groups excluding carboxylic acids is 3. The second kappa shape index (κ2) is 9.77. The normalized spacial score (nSPS) is 15.6. The van der Waals surface area contributed by atoms with Crippen LogP contribution >= 0.6 is 27.5 Å². The van der Waals surface area contributed by atoms with Crippen molar-refractivity contribution in [3.05, 3.63) is 93.4 Å². The lowest BCUT2D eigenvalue weighted by molar-refractivity contribution is -0.122. The summed E-state index contributed by atoms with van der Waals surface area (Å²) in [7, 11) is 1.51. The predicted molar refractivity (Wildman–Crippen MR) is 129 cm³/mol. The van der Waals surface area contributed by atoms with E-state index in [2.05, 4.69) is 15.9 Å². The van der Waals surface area contributed by atoms with Gasteiger partial charge in [-0.2, -0.15) is 0 Å². The van der Waals surface area contributed by atoms with Crippen LogP contribution in [0.4, 0.5) is 5.69 Å². The molecule has 1 fully saturated rings. The smallest absolute Gasteiger partial charge is 0.257 e. The maximum absolute atomic E-state index is 13.6. The van der Waals surface area contributed by atoms with Crippen LogP contribution < -0.4 is 9.64 Å². The first kappa shape index (κ1) is 23.0. The molecule has 3 aromatic rings. The summed E-state index contributed by atoms with van der Waals surface area (Å²) in [5.74, 6) is -0.693. The quantitative estimate of drug-likeness (QED) is 0.419. The topological polar surface area (TPSA) is 66.9 Å². The van der Waals surface area contributed by atoms with E-state index in [-0.39, 0.29) is 18.9 Å². The van der Waals surface area contributed by atoms with Crippen molar-refractivity contribution in [2.75, 3.05) is 12.0 Å². The van der Waals surface area contributed by atoms with E-state index >= 15 is 0 Å². The predicted octanol–water partition coefficient (Wildman–Crippen LogP) is 5.09. The average molecular weight is 528 g/mol. The van der Waals surface area contributed by atoms with Crippen LogP contribution in [0, 0.1) is 0 Å². The van der Waals surface area contributed by atoms with Crippen molar-refractivity contribution >= 4 is 50.9 Å². The minimum Gasteiger partial charge on any atom is -0.497 e. The molecule has 8 heteroatoms. The molecular weight excluding hydrogens is 508 g/mol. The fourth-order valence-corrected chi connectivity index (χ4v) is 4.24. The molecule has 0 spiro atoms. The molecular formula is C25H20BrClN2O4. The molecule has 1 aliphatic heterocycles. The third-order valence-corrected chi connectivity index (χ3v) is 6.36. The zero-order valence-corrected chi connectivity index (χ0v) is 20.0. The lowest BCUT2D eigenvalue weighted by atomic mass is 10.1. The van der Waals surface area contributed by atoms with Gasteiger partial charge in [-0.15, -0.1) is 0 Å². The summed E-state index contributed by atoms with van der Waals surface area (Å²) in [5, 5.41) is 0.475. The summed E-state index contributed by atoms with van der Waals surface area (Å²) < 4.78 is 6.07. The number of halogens is 2. The Morgan fingerprint density at radius 3 is 2.52 bits per heavy atom. The van der Waals surface area contributed by atoms with Crippen molar-refractivity contribution in [3.8, 4) is 5.75 Å². The first-order valence-electron chi connectivity index (χ1n) is 10.2. The Morgan fingerprint density at radius 2 is 1.82 bits per heavy atom. The summed E-state index contributed by atoms with van der Waals surface area (Å²) >= 11 is 9.71. The first-order chi connectivity index (χ1) is 15.9. The molecule has 0 N–H and O–H groups in total. The zero-order valence-electron chi connectivity index (χ0n) is 17.7. The summed E-state index contributed by atoms with van der Waals surface area (Å²) in [6.45, 7) is 0.0770. The van der Waals surface area contributed by atoms with Gasteiger partial charge in [0.1, 0.15) is 11.8 Å². The highest BCUT2D eigenvalue weighted by molar-refractivity contribution is 9.10. The number of anilines is 1. The van der Waals surface area contributed by atoms with Gasteiger partial charge in [-0.3, -0.25) is 14.4 Å². The van der Waals surface area contributed by atoms with Crippen LogP contribution in [0.3, 0.4) is 0 Å². The van der Waals surface area contributed by atoms with Gasteiger partial charge in [0.05, 0.1) is 19.2 Å². The maximum atomic E-state index is 13.6. The van der Waals surface area contributed by atoms with E-state index in [4.69, 9.17) is 16.3 Å². The zero-order chi connectivity index (χ0) is 23.5. The maximum Gasteiger partial charge on any atom is 0.257 e. The van der Waals surface area contributed by atoms with E-state index in [0.29, 0.717) is 27.6 Å². The van der Waals surface area contributed by atoms with Gasteiger partial charge >= 0.3 is 0 Å². The molecule has 6 nitrogen and oxygen atoms in total. The van der Waals surface area contributed by atoms with Gasteiger partial charge in [0.15, 0.2) is 0 Å². The highest BCUT2D eigenvalue weighted by atomic mass is 79.9. The van der Waals surface area contributed by atoms with Crippen LogP contribution in [0.25, 0.3) is 0 Å². The Kier molecular flexibility index (Phi) is 6.81. The monoisotopic (exact) mass is 526 g/mol. The van der Waals surface area contributed by atoms with Crippen molar-refractivity contribution in [2.45, 2.75) is 19.0 Å². The number of hydrogen-bond donors (Lipinski definition) is 0. The highest BCUT2D eigenvalue weighted by Crippen LogP contribution is 2.30. The van der Waals surface area contributed by atoms with Gasteiger partial charge in [-0.05, 0) is 54.1 Å². The van der Waals surface area contributed by atoms with E-state index in [0.717, 1.165) is 9.37 Å². The number of carbonyl (C=O) groups is 3. The second-order valence-electron chi connectivity index (χ2n) is 7.52. The largest absolute Gasteiger partial charge is 0.497 e. The lowest BCUT2D eigenvalue weighted by Gasteiger charge is -2.28. The molecule has 1 aliphatic rings. The van der Waals surface area contributed by atoms with Crippen LogP contribution in [0.1, 0.15) is 22.3 Å². The van der Waals surface area contributed by atoms with Crippen LogP contribution in [0.2, 0.25) is 5.02 Å². The number of methoxy groups -OCH3 is 1. The highest BCUT2D eigenvalue weighted by Gasteiger charge is 2.44. The lowest BCUT2D eigenvalue weighted by Crippen LogP contribution is -2.45. The molecule has 0 bridgehead atoms. The summed E-state index contributed by atoms with van der Waals surface area (Å²) in [6.07, 6.45) is -0.116.